The summed E-state index contributed by atoms with van der Waals surface area (Å²) in [5.41, 5.74) is 1.31. The number of ether oxygens (including phenoxy) is 2. The zero-order valence-corrected chi connectivity index (χ0v) is 19.4. The molecule has 1 atom stereocenters. The smallest absolute Gasteiger partial charge is 0.231 e. The summed E-state index contributed by atoms with van der Waals surface area (Å²) in [6.07, 6.45) is 4.67. The van der Waals surface area contributed by atoms with E-state index in [4.69, 9.17) is 9.47 Å². The van der Waals surface area contributed by atoms with E-state index in [1.807, 2.05) is 17.4 Å². The molecule has 5 rings (SSSR count). The maximum absolute atomic E-state index is 5.53. The third-order valence-corrected chi connectivity index (χ3v) is 7.70. The number of rotatable bonds is 6. The molecule has 0 spiro atoms. The van der Waals surface area contributed by atoms with E-state index in [1.165, 1.54) is 36.4 Å². The molecule has 2 fully saturated rings. The molecule has 3 aliphatic rings. The number of likely N-dealkylation sites (tertiary alicyclic amines) is 1. The largest absolute Gasteiger partial charge is 0.454 e. The van der Waals surface area contributed by atoms with Crippen LogP contribution in [0.2, 0.25) is 0 Å². The van der Waals surface area contributed by atoms with Crippen molar-refractivity contribution >= 4 is 16.5 Å². The highest BCUT2D eigenvalue weighted by Crippen LogP contribution is 2.33. The molecular formula is C23H33N5O2S. The summed E-state index contributed by atoms with van der Waals surface area (Å²) in [6, 6.07) is 7.02. The van der Waals surface area contributed by atoms with E-state index < -0.39 is 0 Å². The van der Waals surface area contributed by atoms with E-state index >= 15 is 0 Å². The number of piperazine rings is 1. The Labute approximate surface area is 189 Å². The van der Waals surface area contributed by atoms with Crippen molar-refractivity contribution < 1.29 is 9.47 Å². The van der Waals surface area contributed by atoms with Crippen LogP contribution in [0.25, 0.3) is 0 Å². The van der Waals surface area contributed by atoms with Gasteiger partial charge in [0.2, 0.25) is 6.79 Å². The molecule has 0 bridgehead atoms. The quantitative estimate of drug-likeness (QED) is 0.680. The lowest BCUT2D eigenvalue weighted by atomic mass is 10.0. The Bertz CT molecular complexity index is 881. The van der Waals surface area contributed by atoms with Gasteiger partial charge in [0.25, 0.3) is 0 Å². The van der Waals surface area contributed by atoms with Crippen LogP contribution in [-0.4, -0.2) is 85.9 Å². The summed E-state index contributed by atoms with van der Waals surface area (Å²) >= 11 is 1.82. The van der Waals surface area contributed by atoms with Crippen LogP contribution >= 0.6 is 11.3 Å². The summed E-state index contributed by atoms with van der Waals surface area (Å²) in [4.78, 5) is 15.9. The Kier molecular flexibility index (Phi) is 6.31. The number of aromatic nitrogens is 1. The summed E-state index contributed by atoms with van der Waals surface area (Å²) in [5, 5.41) is 1.10. The van der Waals surface area contributed by atoms with Gasteiger partial charge in [-0.25, -0.2) is 4.98 Å². The monoisotopic (exact) mass is 443 g/mol. The lowest BCUT2D eigenvalue weighted by molar-refractivity contribution is 0.0480. The van der Waals surface area contributed by atoms with E-state index in [0.717, 1.165) is 55.9 Å². The number of piperidine rings is 1. The first-order chi connectivity index (χ1) is 15.1. The summed E-state index contributed by atoms with van der Waals surface area (Å²) in [5.74, 6) is 1.75. The number of nitrogens with zero attached hydrogens (tertiary/aromatic N) is 5. The van der Waals surface area contributed by atoms with Gasteiger partial charge >= 0.3 is 0 Å². The molecule has 2 saturated heterocycles. The van der Waals surface area contributed by atoms with Gasteiger partial charge in [-0.05, 0) is 37.1 Å². The molecule has 0 radical (unpaired) electrons. The minimum atomic E-state index is 0.343. The maximum atomic E-state index is 5.53. The average Bonchev–Trinajstić information content (AvgIpc) is 3.44. The zero-order valence-electron chi connectivity index (χ0n) is 18.6. The Balaban J connectivity index is 1.10. The lowest BCUT2D eigenvalue weighted by Gasteiger charge is -2.43. The molecule has 0 N–H and O–H groups in total. The van der Waals surface area contributed by atoms with Crippen LogP contribution in [0.3, 0.4) is 0 Å². The van der Waals surface area contributed by atoms with Gasteiger partial charge < -0.3 is 14.4 Å². The second kappa shape index (κ2) is 9.32. The fourth-order valence-corrected chi connectivity index (χ4v) is 5.73. The summed E-state index contributed by atoms with van der Waals surface area (Å²) < 4.78 is 11.0. The Morgan fingerprint density at radius 2 is 1.87 bits per heavy atom. The molecule has 2 aromatic rings. The van der Waals surface area contributed by atoms with E-state index in [9.17, 15) is 0 Å². The van der Waals surface area contributed by atoms with Crippen molar-refractivity contribution in [3.8, 4) is 11.5 Å². The van der Waals surface area contributed by atoms with Crippen LogP contribution in [0.4, 0.5) is 5.13 Å². The van der Waals surface area contributed by atoms with Gasteiger partial charge in [0.05, 0.1) is 0 Å². The van der Waals surface area contributed by atoms with Gasteiger partial charge in [0.15, 0.2) is 16.6 Å². The summed E-state index contributed by atoms with van der Waals surface area (Å²) in [7, 11) is 4.12. The Morgan fingerprint density at radius 1 is 1.03 bits per heavy atom. The molecular weight excluding hydrogens is 410 g/mol. The Morgan fingerprint density at radius 3 is 2.68 bits per heavy atom. The first-order valence-electron chi connectivity index (χ1n) is 11.3. The van der Waals surface area contributed by atoms with Crippen LogP contribution in [0.1, 0.15) is 23.3 Å². The molecule has 0 aliphatic carbocycles. The van der Waals surface area contributed by atoms with Crippen molar-refractivity contribution in [2.24, 2.45) is 0 Å². The number of benzene rings is 1. The highest BCUT2D eigenvalue weighted by Gasteiger charge is 2.28. The second-order valence-corrected chi connectivity index (χ2v) is 10.1. The van der Waals surface area contributed by atoms with Crippen LogP contribution in [0.5, 0.6) is 11.5 Å². The van der Waals surface area contributed by atoms with Crippen LogP contribution in [0.15, 0.2) is 24.4 Å². The molecule has 168 valence electrons. The zero-order chi connectivity index (χ0) is 21.2. The molecule has 1 unspecified atom stereocenters. The van der Waals surface area contributed by atoms with Crippen molar-refractivity contribution in [1.82, 2.24) is 19.7 Å². The van der Waals surface area contributed by atoms with Gasteiger partial charge in [0.1, 0.15) is 0 Å². The third kappa shape index (κ3) is 4.98. The number of fused-ring (bicyclic) bond motifs is 1. The van der Waals surface area contributed by atoms with E-state index in [0.29, 0.717) is 12.8 Å². The molecule has 7 nitrogen and oxygen atoms in total. The van der Waals surface area contributed by atoms with Crippen LogP contribution < -0.4 is 14.4 Å². The van der Waals surface area contributed by atoms with Gasteiger partial charge in [-0.2, -0.15) is 0 Å². The first-order valence-corrected chi connectivity index (χ1v) is 12.1. The van der Waals surface area contributed by atoms with Crippen LogP contribution in [-0.2, 0) is 13.1 Å². The molecule has 8 heteroatoms. The fraction of sp³-hybridized carbons (Fsp3) is 0.609. The van der Waals surface area contributed by atoms with Crippen molar-refractivity contribution in [2.45, 2.75) is 32.0 Å². The van der Waals surface area contributed by atoms with E-state index in [1.54, 1.807) is 0 Å². The fourth-order valence-electron chi connectivity index (χ4n) is 4.85. The minimum absolute atomic E-state index is 0.343. The number of hydrogen-bond donors (Lipinski definition) is 0. The standard InChI is InChI=1S/C23H33N5O2S/c1-25(2)23-24-13-20(31-23)16-27-7-3-4-19(15-27)28-10-8-26(9-11-28)14-18-5-6-21-22(12-18)30-17-29-21/h5-6,12-13,19H,3-4,7-11,14-17H2,1-2H3. The predicted molar refractivity (Wildman–Crippen MR) is 124 cm³/mol. The van der Waals surface area contributed by atoms with Crippen molar-refractivity contribution in [2.75, 3.05) is 65.1 Å². The van der Waals surface area contributed by atoms with Crippen LogP contribution in [0, 0.1) is 0 Å². The first kappa shape index (κ1) is 21.0. The maximum Gasteiger partial charge on any atom is 0.231 e. The van der Waals surface area contributed by atoms with Gasteiger partial charge in [-0.15, -0.1) is 11.3 Å². The number of hydrogen-bond acceptors (Lipinski definition) is 8. The van der Waals surface area contributed by atoms with E-state index in [-0.39, 0.29) is 0 Å². The SMILES string of the molecule is CN(C)c1ncc(CN2CCCC(N3CCN(Cc4ccc5c(c4)OCO5)CC3)C2)s1. The van der Waals surface area contributed by atoms with Crippen molar-refractivity contribution in [1.29, 1.82) is 0 Å². The van der Waals surface area contributed by atoms with Crippen molar-refractivity contribution in [3.63, 3.8) is 0 Å². The topological polar surface area (TPSA) is 44.3 Å². The molecule has 4 heterocycles. The Hall–Kier alpha value is -1.87. The molecule has 1 aromatic carbocycles. The second-order valence-electron chi connectivity index (χ2n) is 9.03. The molecule has 0 amide bonds. The normalized spacial score (nSPS) is 22.7. The highest BCUT2D eigenvalue weighted by molar-refractivity contribution is 7.15. The third-order valence-electron chi connectivity index (χ3n) is 6.55. The van der Waals surface area contributed by atoms with Gasteiger partial charge in [-0.1, -0.05) is 6.07 Å². The van der Waals surface area contributed by atoms with Gasteiger partial charge in [0, 0.05) is 77.0 Å². The molecule has 0 saturated carbocycles. The predicted octanol–water partition coefficient (Wildman–Crippen LogP) is 2.72. The molecule has 3 aliphatic heterocycles. The highest BCUT2D eigenvalue weighted by atomic mass is 32.1. The number of anilines is 1. The van der Waals surface area contributed by atoms with Crippen molar-refractivity contribution in [3.05, 3.63) is 34.8 Å². The minimum Gasteiger partial charge on any atom is -0.454 e. The summed E-state index contributed by atoms with van der Waals surface area (Å²) in [6.45, 7) is 9.33. The van der Waals surface area contributed by atoms with Gasteiger partial charge in [-0.3, -0.25) is 14.7 Å². The molecule has 1 aromatic heterocycles. The van der Waals surface area contributed by atoms with E-state index in [2.05, 4.69) is 57.0 Å². The lowest BCUT2D eigenvalue weighted by Crippen LogP contribution is -2.54. The molecule has 31 heavy (non-hydrogen) atoms. The number of thiazole rings is 1. The average molecular weight is 444 g/mol.